The van der Waals surface area contributed by atoms with Crippen LogP contribution in [0.5, 0.6) is 5.88 Å². The Bertz CT molecular complexity index is 485. The Balaban J connectivity index is 2.71. The van der Waals surface area contributed by atoms with Gasteiger partial charge in [0, 0.05) is 13.1 Å². The highest BCUT2D eigenvalue weighted by Gasteiger charge is 2.07. The van der Waals surface area contributed by atoms with Crippen molar-refractivity contribution < 1.29 is 4.74 Å². The van der Waals surface area contributed by atoms with Gasteiger partial charge in [0.1, 0.15) is 7.85 Å². The molecule has 1 rings (SSSR count). The van der Waals surface area contributed by atoms with E-state index in [-0.39, 0.29) is 0 Å². The summed E-state index contributed by atoms with van der Waals surface area (Å²) in [5.74, 6) is 1.46. The maximum absolute atomic E-state index is 5.82. The number of aromatic nitrogens is 1. The molecule has 0 aliphatic carbocycles. The second-order valence-corrected chi connectivity index (χ2v) is 6.07. The number of aliphatic imine (C=N–C) groups is 1. The van der Waals surface area contributed by atoms with Crippen molar-refractivity contribution in [3.05, 3.63) is 11.8 Å². The number of pyridine rings is 1. The maximum Gasteiger partial charge on any atom is 0.206 e. The summed E-state index contributed by atoms with van der Waals surface area (Å²) in [5.41, 5.74) is 2.87. The highest BCUT2D eigenvalue weighted by molar-refractivity contribution is 6.34. The number of aryl methyl sites for hydroxylation is 1. The standard InChI is InChI=1S/C17H30BN3O/c1-6-21(7-2)12-19-16-11-15(18)17(20-14(16)5)22-10-8-9-13(3)4/h11-13H,6-10,18H2,1-5H3/b19-12+. The summed E-state index contributed by atoms with van der Waals surface area (Å²) in [4.78, 5) is 11.3. The van der Waals surface area contributed by atoms with Gasteiger partial charge in [-0.2, -0.15) is 0 Å². The fourth-order valence-electron chi connectivity index (χ4n) is 2.14. The smallest absolute Gasteiger partial charge is 0.206 e. The van der Waals surface area contributed by atoms with E-state index in [0.717, 1.165) is 54.8 Å². The maximum atomic E-state index is 5.82. The molecule has 4 nitrogen and oxygen atoms in total. The predicted molar refractivity (Wildman–Crippen MR) is 97.8 cm³/mol. The van der Waals surface area contributed by atoms with E-state index >= 15 is 0 Å². The van der Waals surface area contributed by atoms with Gasteiger partial charge in [-0.25, -0.2) is 9.98 Å². The van der Waals surface area contributed by atoms with E-state index < -0.39 is 0 Å². The minimum atomic E-state index is 0.719. The molecule has 22 heavy (non-hydrogen) atoms. The molecule has 122 valence electrons. The normalized spacial score (nSPS) is 11.4. The van der Waals surface area contributed by atoms with Crippen LogP contribution < -0.4 is 10.2 Å². The van der Waals surface area contributed by atoms with Crippen LogP contribution in [-0.2, 0) is 0 Å². The summed E-state index contributed by atoms with van der Waals surface area (Å²) in [6.45, 7) is 13.3. The Labute approximate surface area is 136 Å². The predicted octanol–water partition coefficient (Wildman–Crippen LogP) is 2.47. The van der Waals surface area contributed by atoms with Crippen LogP contribution in [0.25, 0.3) is 0 Å². The summed E-state index contributed by atoms with van der Waals surface area (Å²) in [6, 6.07) is 2.06. The fraction of sp³-hybridized carbons (Fsp3) is 0.647. The summed E-state index contributed by atoms with van der Waals surface area (Å²) < 4.78 is 5.82. The minimum Gasteiger partial charge on any atom is -0.478 e. The first-order valence-electron chi connectivity index (χ1n) is 8.37. The lowest BCUT2D eigenvalue weighted by Gasteiger charge is -2.14. The number of ether oxygens (including phenoxy) is 1. The first kappa shape index (κ1) is 18.5. The Morgan fingerprint density at radius 2 is 2.05 bits per heavy atom. The van der Waals surface area contributed by atoms with Crippen LogP contribution >= 0.6 is 0 Å². The number of nitrogens with zero attached hydrogens (tertiary/aromatic N) is 3. The lowest BCUT2D eigenvalue weighted by Crippen LogP contribution is -2.20. The molecule has 0 bridgehead atoms. The van der Waals surface area contributed by atoms with E-state index in [9.17, 15) is 0 Å². The molecule has 0 spiro atoms. The molecule has 1 heterocycles. The molecule has 1 aromatic rings. The van der Waals surface area contributed by atoms with Crippen molar-refractivity contribution >= 4 is 25.3 Å². The van der Waals surface area contributed by atoms with Crippen LogP contribution in [0.3, 0.4) is 0 Å². The number of rotatable bonds is 9. The Morgan fingerprint density at radius 3 is 2.64 bits per heavy atom. The molecule has 0 fully saturated rings. The van der Waals surface area contributed by atoms with Crippen molar-refractivity contribution in [1.82, 2.24) is 9.88 Å². The highest BCUT2D eigenvalue weighted by atomic mass is 16.5. The van der Waals surface area contributed by atoms with Gasteiger partial charge in [-0.1, -0.05) is 13.8 Å². The summed E-state index contributed by atoms with van der Waals surface area (Å²) >= 11 is 0. The van der Waals surface area contributed by atoms with Crippen LogP contribution in [0.4, 0.5) is 5.69 Å². The zero-order valence-corrected chi connectivity index (χ0v) is 15.0. The van der Waals surface area contributed by atoms with Crippen LogP contribution in [0, 0.1) is 12.8 Å². The molecule has 0 aliphatic rings. The van der Waals surface area contributed by atoms with Crippen molar-refractivity contribution in [2.75, 3.05) is 19.7 Å². The van der Waals surface area contributed by atoms with Gasteiger partial charge >= 0.3 is 0 Å². The van der Waals surface area contributed by atoms with Gasteiger partial charge in [-0.3, -0.25) is 0 Å². The van der Waals surface area contributed by atoms with E-state index in [2.05, 4.69) is 48.6 Å². The van der Waals surface area contributed by atoms with Gasteiger partial charge in [-0.05, 0) is 51.1 Å². The average molecular weight is 303 g/mol. The van der Waals surface area contributed by atoms with Gasteiger partial charge in [-0.15, -0.1) is 0 Å². The van der Waals surface area contributed by atoms with E-state index in [1.807, 2.05) is 21.1 Å². The van der Waals surface area contributed by atoms with Crippen molar-refractivity contribution in [2.45, 2.75) is 47.5 Å². The molecule has 0 unspecified atom stereocenters. The zero-order valence-electron chi connectivity index (χ0n) is 15.0. The largest absolute Gasteiger partial charge is 0.478 e. The molecule has 5 heteroatoms. The molecule has 0 N–H and O–H groups in total. The number of hydrogen-bond acceptors (Lipinski definition) is 3. The number of hydrogen-bond donors (Lipinski definition) is 0. The van der Waals surface area contributed by atoms with Crippen LogP contribution in [0.2, 0.25) is 0 Å². The fourth-order valence-corrected chi connectivity index (χ4v) is 2.14. The van der Waals surface area contributed by atoms with Crippen molar-refractivity contribution in [1.29, 1.82) is 0 Å². The molecule has 0 aromatic carbocycles. The third-order valence-electron chi connectivity index (χ3n) is 3.67. The molecule has 0 saturated carbocycles. The van der Waals surface area contributed by atoms with Crippen LogP contribution in [0.15, 0.2) is 11.1 Å². The first-order chi connectivity index (χ1) is 10.5. The van der Waals surface area contributed by atoms with Crippen molar-refractivity contribution in [3.63, 3.8) is 0 Å². The highest BCUT2D eigenvalue weighted by Crippen LogP contribution is 2.18. The van der Waals surface area contributed by atoms with E-state index in [1.165, 1.54) is 6.42 Å². The molecular formula is C17H30BN3O. The Morgan fingerprint density at radius 1 is 1.36 bits per heavy atom. The zero-order chi connectivity index (χ0) is 16.5. The van der Waals surface area contributed by atoms with Crippen molar-refractivity contribution in [2.24, 2.45) is 10.9 Å². The molecule has 0 amide bonds. The molecule has 1 aromatic heterocycles. The lowest BCUT2D eigenvalue weighted by molar-refractivity contribution is 0.289. The molecule has 0 aliphatic heterocycles. The van der Waals surface area contributed by atoms with E-state index in [4.69, 9.17) is 4.74 Å². The van der Waals surface area contributed by atoms with Gasteiger partial charge in [0.2, 0.25) is 5.88 Å². The first-order valence-corrected chi connectivity index (χ1v) is 8.37. The van der Waals surface area contributed by atoms with Gasteiger partial charge in [0.05, 0.1) is 24.3 Å². The lowest BCUT2D eigenvalue weighted by atomic mass is 9.96. The monoisotopic (exact) mass is 303 g/mol. The molecular weight excluding hydrogens is 273 g/mol. The third-order valence-corrected chi connectivity index (χ3v) is 3.67. The SMILES string of the molecule is Bc1cc(/N=C/N(CC)CC)c(C)nc1OCCCC(C)C. The van der Waals surface area contributed by atoms with Gasteiger partial charge < -0.3 is 9.64 Å². The second kappa shape index (κ2) is 9.49. The average Bonchev–Trinajstić information content (AvgIpc) is 2.48. The molecule has 0 saturated heterocycles. The van der Waals surface area contributed by atoms with E-state index in [1.54, 1.807) is 0 Å². The van der Waals surface area contributed by atoms with Crippen molar-refractivity contribution in [3.8, 4) is 5.88 Å². The summed E-state index contributed by atoms with van der Waals surface area (Å²) in [7, 11) is 2.03. The molecule has 0 atom stereocenters. The topological polar surface area (TPSA) is 37.7 Å². The minimum absolute atomic E-state index is 0.719. The summed E-state index contributed by atoms with van der Waals surface area (Å²) in [6.07, 6.45) is 4.15. The third kappa shape index (κ3) is 6.08. The van der Waals surface area contributed by atoms with Gasteiger partial charge in [0.15, 0.2) is 0 Å². The Hall–Kier alpha value is -1.52. The van der Waals surface area contributed by atoms with Gasteiger partial charge in [0.25, 0.3) is 0 Å². The molecule has 0 radical (unpaired) electrons. The summed E-state index contributed by atoms with van der Waals surface area (Å²) in [5, 5.41) is 0. The van der Waals surface area contributed by atoms with Crippen LogP contribution in [0.1, 0.15) is 46.2 Å². The van der Waals surface area contributed by atoms with Crippen LogP contribution in [-0.4, -0.2) is 43.8 Å². The van der Waals surface area contributed by atoms with E-state index in [0.29, 0.717) is 0 Å². The quantitative estimate of drug-likeness (QED) is 0.304. The Kier molecular flexibility index (Phi) is 8.00. The second-order valence-electron chi connectivity index (χ2n) is 6.07.